The summed E-state index contributed by atoms with van der Waals surface area (Å²) >= 11 is 0. The Kier molecular flexibility index (Phi) is 3.03. The van der Waals surface area contributed by atoms with Gasteiger partial charge in [-0.15, -0.1) is 0 Å². The van der Waals surface area contributed by atoms with Crippen LogP contribution in [0.1, 0.15) is 21.5 Å². The molecule has 0 atom stereocenters. The van der Waals surface area contributed by atoms with Crippen LogP contribution in [-0.2, 0) is 6.54 Å². The van der Waals surface area contributed by atoms with E-state index in [1.807, 2.05) is 18.3 Å². The molecule has 3 nitrogen and oxygen atoms in total. The Morgan fingerprint density at radius 1 is 1.10 bits per heavy atom. The maximum atomic E-state index is 11.0. The topological polar surface area (TPSA) is 42.2 Å². The summed E-state index contributed by atoms with van der Waals surface area (Å²) in [5.74, 6) is -0.891. The number of carbonyl (C=O) groups is 1. The molecule has 0 bridgehead atoms. The third-order valence-corrected chi connectivity index (χ3v) is 3.49. The predicted molar refractivity (Wildman–Crippen MR) is 79.2 cm³/mol. The van der Waals surface area contributed by atoms with Gasteiger partial charge in [-0.25, -0.2) is 4.79 Å². The van der Waals surface area contributed by atoms with Gasteiger partial charge < -0.3 is 9.67 Å². The van der Waals surface area contributed by atoms with Crippen molar-refractivity contribution in [1.29, 1.82) is 0 Å². The number of fused-ring (bicyclic) bond motifs is 1. The number of carboxylic acid groups (broad SMARTS) is 1. The quantitative estimate of drug-likeness (QED) is 0.784. The fourth-order valence-electron chi connectivity index (χ4n) is 2.36. The molecule has 0 amide bonds. The molecule has 0 spiro atoms. The first-order chi connectivity index (χ1) is 9.63. The van der Waals surface area contributed by atoms with Gasteiger partial charge >= 0.3 is 5.97 Å². The van der Waals surface area contributed by atoms with E-state index in [1.54, 1.807) is 12.1 Å². The van der Waals surface area contributed by atoms with Gasteiger partial charge in [0.1, 0.15) is 0 Å². The molecule has 20 heavy (non-hydrogen) atoms. The highest BCUT2D eigenvalue weighted by Gasteiger charge is 2.06. The lowest BCUT2D eigenvalue weighted by Gasteiger charge is -2.06. The van der Waals surface area contributed by atoms with E-state index in [4.69, 9.17) is 5.11 Å². The van der Waals surface area contributed by atoms with Crippen LogP contribution < -0.4 is 0 Å². The van der Waals surface area contributed by atoms with Crippen LogP contribution in [0.2, 0.25) is 0 Å². The van der Waals surface area contributed by atoms with Gasteiger partial charge in [-0.05, 0) is 36.8 Å². The van der Waals surface area contributed by atoms with Crippen LogP contribution in [0.25, 0.3) is 10.9 Å². The first-order valence-corrected chi connectivity index (χ1v) is 6.51. The first kappa shape index (κ1) is 12.5. The second-order valence-corrected chi connectivity index (χ2v) is 5.01. The van der Waals surface area contributed by atoms with Crippen LogP contribution in [0.15, 0.2) is 54.7 Å². The molecule has 100 valence electrons. The lowest BCUT2D eigenvalue weighted by molar-refractivity contribution is 0.0697. The summed E-state index contributed by atoms with van der Waals surface area (Å²) < 4.78 is 2.13. The SMILES string of the molecule is Cc1ccc(Cn2ccc3cc(C(=O)O)ccc32)cc1. The van der Waals surface area contributed by atoms with Crippen molar-refractivity contribution in [3.8, 4) is 0 Å². The summed E-state index contributed by atoms with van der Waals surface area (Å²) in [6.45, 7) is 2.86. The van der Waals surface area contributed by atoms with Crippen LogP contribution >= 0.6 is 0 Å². The lowest BCUT2D eigenvalue weighted by atomic mass is 10.1. The summed E-state index contributed by atoms with van der Waals surface area (Å²) in [4.78, 5) is 11.0. The number of aromatic carboxylic acids is 1. The number of aromatic nitrogens is 1. The van der Waals surface area contributed by atoms with Gasteiger partial charge in [-0.3, -0.25) is 0 Å². The molecule has 0 radical (unpaired) electrons. The van der Waals surface area contributed by atoms with Crippen LogP contribution in [-0.4, -0.2) is 15.6 Å². The number of hydrogen-bond donors (Lipinski definition) is 1. The van der Waals surface area contributed by atoms with Crippen molar-refractivity contribution >= 4 is 16.9 Å². The smallest absolute Gasteiger partial charge is 0.335 e. The molecule has 0 aliphatic rings. The summed E-state index contributed by atoms with van der Waals surface area (Å²) in [6, 6.07) is 15.6. The molecule has 3 aromatic rings. The Bertz CT molecular complexity index is 769. The number of nitrogens with zero attached hydrogens (tertiary/aromatic N) is 1. The molecule has 1 heterocycles. The normalized spacial score (nSPS) is 10.8. The van der Waals surface area contributed by atoms with Gasteiger partial charge in [0.15, 0.2) is 0 Å². The first-order valence-electron chi connectivity index (χ1n) is 6.51. The van der Waals surface area contributed by atoms with Gasteiger partial charge in [0.25, 0.3) is 0 Å². The zero-order valence-electron chi connectivity index (χ0n) is 11.2. The lowest BCUT2D eigenvalue weighted by Crippen LogP contribution is -1.99. The van der Waals surface area contributed by atoms with Gasteiger partial charge in [-0.2, -0.15) is 0 Å². The third-order valence-electron chi connectivity index (χ3n) is 3.49. The Morgan fingerprint density at radius 2 is 1.85 bits per heavy atom. The van der Waals surface area contributed by atoms with Crippen molar-refractivity contribution < 1.29 is 9.90 Å². The molecule has 3 rings (SSSR count). The number of aryl methyl sites for hydroxylation is 1. The average molecular weight is 265 g/mol. The fourth-order valence-corrected chi connectivity index (χ4v) is 2.36. The molecule has 1 N–H and O–H groups in total. The molecular formula is C17H15NO2. The van der Waals surface area contributed by atoms with E-state index in [-0.39, 0.29) is 0 Å². The molecule has 0 saturated carbocycles. The Labute approximate surface area is 117 Å². The molecule has 0 fully saturated rings. The Morgan fingerprint density at radius 3 is 2.55 bits per heavy atom. The Balaban J connectivity index is 1.96. The molecule has 0 aliphatic heterocycles. The highest BCUT2D eigenvalue weighted by atomic mass is 16.4. The number of carboxylic acids is 1. The van der Waals surface area contributed by atoms with Crippen LogP contribution in [0.4, 0.5) is 0 Å². The molecule has 0 aliphatic carbocycles. The zero-order chi connectivity index (χ0) is 14.1. The summed E-state index contributed by atoms with van der Waals surface area (Å²) in [6.07, 6.45) is 2.00. The van der Waals surface area contributed by atoms with E-state index >= 15 is 0 Å². The number of hydrogen-bond acceptors (Lipinski definition) is 1. The van der Waals surface area contributed by atoms with E-state index in [1.165, 1.54) is 11.1 Å². The van der Waals surface area contributed by atoms with Crippen molar-refractivity contribution in [3.05, 3.63) is 71.4 Å². The van der Waals surface area contributed by atoms with Crippen molar-refractivity contribution in [3.63, 3.8) is 0 Å². The third kappa shape index (κ3) is 2.30. The van der Waals surface area contributed by atoms with Gasteiger partial charge in [-0.1, -0.05) is 29.8 Å². The van der Waals surface area contributed by atoms with Crippen LogP contribution in [0.5, 0.6) is 0 Å². The van der Waals surface area contributed by atoms with Crippen LogP contribution in [0, 0.1) is 6.92 Å². The number of rotatable bonds is 3. The minimum absolute atomic E-state index is 0.325. The van der Waals surface area contributed by atoms with E-state index in [9.17, 15) is 4.79 Å². The molecule has 0 saturated heterocycles. The van der Waals surface area contributed by atoms with Gasteiger partial charge in [0.2, 0.25) is 0 Å². The average Bonchev–Trinajstić information content (AvgIpc) is 2.84. The predicted octanol–water partition coefficient (Wildman–Crippen LogP) is 3.70. The van der Waals surface area contributed by atoms with Crippen molar-refractivity contribution in [2.45, 2.75) is 13.5 Å². The Hall–Kier alpha value is -2.55. The van der Waals surface area contributed by atoms with Gasteiger partial charge in [0.05, 0.1) is 5.56 Å². The summed E-state index contributed by atoms with van der Waals surface area (Å²) in [7, 11) is 0. The molecule has 3 heteroatoms. The summed E-state index contributed by atoms with van der Waals surface area (Å²) in [5.41, 5.74) is 3.86. The maximum Gasteiger partial charge on any atom is 0.335 e. The molecule has 2 aromatic carbocycles. The molecule has 0 unspecified atom stereocenters. The van der Waals surface area contributed by atoms with E-state index in [0.717, 1.165) is 17.4 Å². The van der Waals surface area contributed by atoms with E-state index in [0.29, 0.717) is 5.56 Å². The van der Waals surface area contributed by atoms with Crippen LogP contribution in [0.3, 0.4) is 0 Å². The fraction of sp³-hybridized carbons (Fsp3) is 0.118. The van der Waals surface area contributed by atoms with Crippen molar-refractivity contribution in [1.82, 2.24) is 4.57 Å². The highest BCUT2D eigenvalue weighted by Crippen LogP contribution is 2.19. The minimum Gasteiger partial charge on any atom is -0.478 e. The molecular weight excluding hydrogens is 250 g/mol. The second kappa shape index (κ2) is 4.85. The van der Waals surface area contributed by atoms with Gasteiger partial charge in [0, 0.05) is 23.6 Å². The minimum atomic E-state index is -0.891. The molecule has 1 aromatic heterocycles. The van der Waals surface area contributed by atoms with Crippen molar-refractivity contribution in [2.75, 3.05) is 0 Å². The zero-order valence-corrected chi connectivity index (χ0v) is 11.2. The largest absolute Gasteiger partial charge is 0.478 e. The second-order valence-electron chi connectivity index (χ2n) is 5.01. The van der Waals surface area contributed by atoms with E-state index < -0.39 is 5.97 Å². The van der Waals surface area contributed by atoms with E-state index in [2.05, 4.69) is 35.8 Å². The standard InChI is InChI=1S/C17H15NO2/c1-12-2-4-13(5-3-12)11-18-9-8-14-10-15(17(19)20)6-7-16(14)18/h2-10H,11H2,1H3,(H,19,20). The monoisotopic (exact) mass is 265 g/mol. The summed E-state index contributed by atoms with van der Waals surface area (Å²) in [5, 5.41) is 9.96. The number of benzene rings is 2. The van der Waals surface area contributed by atoms with Crippen molar-refractivity contribution in [2.24, 2.45) is 0 Å². The highest BCUT2D eigenvalue weighted by molar-refractivity contribution is 5.93. The maximum absolute atomic E-state index is 11.0.